The van der Waals surface area contributed by atoms with Gasteiger partial charge >= 0.3 is 0 Å². The average molecular weight is 475 g/mol. The highest BCUT2D eigenvalue weighted by Crippen LogP contribution is 2.29. The van der Waals surface area contributed by atoms with E-state index in [0.717, 1.165) is 16.1 Å². The van der Waals surface area contributed by atoms with Gasteiger partial charge in [0.2, 0.25) is 11.8 Å². The Kier molecular flexibility index (Phi) is 7.38. The van der Waals surface area contributed by atoms with Crippen LogP contribution >= 0.6 is 11.3 Å². The maximum Gasteiger partial charge on any atom is 0.275 e. The zero-order valence-corrected chi connectivity index (χ0v) is 20.2. The zero-order chi connectivity index (χ0) is 24.3. The Morgan fingerprint density at radius 2 is 1.91 bits per heavy atom. The van der Waals surface area contributed by atoms with Crippen molar-refractivity contribution >= 4 is 29.1 Å². The molecular formula is C23H30N4O5S. The first-order valence-electron chi connectivity index (χ1n) is 10.7. The van der Waals surface area contributed by atoms with Crippen LogP contribution in [-0.2, 0) is 14.4 Å². The van der Waals surface area contributed by atoms with Crippen molar-refractivity contribution in [1.29, 1.82) is 0 Å². The Bertz CT molecular complexity index is 1010. The summed E-state index contributed by atoms with van der Waals surface area (Å²) >= 11 is 1.55. The number of aryl methyl sites for hydroxylation is 1. The van der Waals surface area contributed by atoms with Crippen molar-refractivity contribution in [2.45, 2.75) is 59.2 Å². The van der Waals surface area contributed by atoms with Crippen molar-refractivity contribution in [2.75, 3.05) is 6.54 Å². The molecule has 178 valence electrons. The van der Waals surface area contributed by atoms with Crippen molar-refractivity contribution in [1.82, 2.24) is 20.7 Å². The molecule has 1 aromatic carbocycles. The first-order valence-corrected chi connectivity index (χ1v) is 11.6. The minimum atomic E-state index is -0.912. The number of hydrogen-bond donors (Lipinski definition) is 3. The number of rotatable bonds is 6. The van der Waals surface area contributed by atoms with E-state index in [1.165, 1.54) is 11.8 Å². The molecule has 0 radical (unpaired) electrons. The van der Waals surface area contributed by atoms with E-state index in [1.54, 1.807) is 29.0 Å². The van der Waals surface area contributed by atoms with Gasteiger partial charge in [-0.25, -0.2) is 4.98 Å². The predicted octanol–water partition coefficient (Wildman–Crippen LogP) is 2.04. The Balaban J connectivity index is 1.67. The predicted molar refractivity (Wildman–Crippen MR) is 124 cm³/mol. The quantitative estimate of drug-likeness (QED) is 0.551. The molecule has 2 aromatic rings. The Morgan fingerprint density at radius 1 is 1.24 bits per heavy atom. The third kappa shape index (κ3) is 5.88. The van der Waals surface area contributed by atoms with Crippen LogP contribution in [0.4, 0.5) is 0 Å². The molecule has 2 heterocycles. The lowest BCUT2D eigenvalue weighted by molar-refractivity contribution is -0.145. The van der Waals surface area contributed by atoms with Crippen LogP contribution in [0.3, 0.4) is 0 Å². The summed E-state index contributed by atoms with van der Waals surface area (Å²) in [5, 5.41) is 12.8. The van der Waals surface area contributed by atoms with E-state index in [4.69, 9.17) is 4.84 Å². The largest absolute Gasteiger partial charge is 0.391 e. The summed E-state index contributed by atoms with van der Waals surface area (Å²) in [5.74, 6) is -0.878. The monoisotopic (exact) mass is 474 g/mol. The third-order valence-corrected chi connectivity index (χ3v) is 6.43. The molecule has 1 aliphatic rings. The normalized spacial score (nSPS) is 19.2. The summed E-state index contributed by atoms with van der Waals surface area (Å²) in [6.07, 6.45) is -0.758. The molecule has 9 nitrogen and oxygen atoms in total. The topological polar surface area (TPSA) is 121 Å². The number of likely N-dealkylation sites (tertiary alicyclic amines) is 1. The number of carbonyl (C=O) groups is 3. The van der Waals surface area contributed by atoms with E-state index in [0.29, 0.717) is 5.75 Å². The summed E-state index contributed by atoms with van der Waals surface area (Å²) in [5.41, 5.74) is 5.54. The van der Waals surface area contributed by atoms with Crippen LogP contribution in [-0.4, -0.2) is 57.4 Å². The maximum absolute atomic E-state index is 13.2. The standard InChI is InChI=1S/C23H30N4O5S/c1-13-19(33-12-24-13)15-6-8-17(9-7-15)32-26-21(30)18-10-16(29)11-27(18)22(31)20(23(3,4)5)25-14(2)28/h6-9,12,16,18,20,29H,10-11H2,1-5H3,(H,25,28)(H,26,30). The van der Waals surface area contributed by atoms with Crippen molar-refractivity contribution in [3.63, 3.8) is 0 Å². The van der Waals surface area contributed by atoms with Gasteiger partial charge in [-0.2, -0.15) is 5.48 Å². The summed E-state index contributed by atoms with van der Waals surface area (Å²) in [7, 11) is 0. The van der Waals surface area contributed by atoms with E-state index in [-0.39, 0.29) is 18.9 Å². The molecule has 3 unspecified atom stereocenters. The molecule has 1 aromatic heterocycles. The fourth-order valence-corrected chi connectivity index (χ4v) is 4.57. The summed E-state index contributed by atoms with van der Waals surface area (Å²) < 4.78 is 0. The molecule has 0 saturated carbocycles. The molecule has 0 spiro atoms. The Morgan fingerprint density at radius 3 is 2.45 bits per heavy atom. The molecule has 3 amide bonds. The number of β-amino-alcohol motifs (C(OH)–C–C–N with tert-alkyl or cyclic N) is 1. The molecule has 0 bridgehead atoms. The number of aromatic nitrogens is 1. The lowest BCUT2D eigenvalue weighted by Gasteiger charge is -2.35. The van der Waals surface area contributed by atoms with Gasteiger partial charge in [0.15, 0.2) is 5.75 Å². The number of hydroxylamine groups is 1. The molecule has 3 rings (SSSR count). The van der Waals surface area contributed by atoms with Gasteiger partial charge in [-0.1, -0.05) is 20.8 Å². The van der Waals surface area contributed by atoms with Gasteiger partial charge in [0.05, 0.1) is 22.2 Å². The van der Waals surface area contributed by atoms with Gasteiger partial charge in [0.1, 0.15) is 12.1 Å². The van der Waals surface area contributed by atoms with Gasteiger partial charge in [0, 0.05) is 19.9 Å². The fraction of sp³-hybridized carbons (Fsp3) is 0.478. The van der Waals surface area contributed by atoms with Crippen molar-refractivity contribution in [2.24, 2.45) is 5.41 Å². The number of aliphatic hydroxyl groups is 1. The number of thiazole rings is 1. The van der Waals surface area contributed by atoms with Gasteiger partial charge in [-0.3, -0.25) is 14.4 Å². The van der Waals surface area contributed by atoms with Gasteiger partial charge in [0.25, 0.3) is 5.91 Å². The van der Waals surface area contributed by atoms with E-state index in [9.17, 15) is 19.5 Å². The summed E-state index contributed by atoms with van der Waals surface area (Å²) in [6, 6.07) is 5.46. The molecule has 1 aliphatic heterocycles. The Labute approximate surface area is 197 Å². The van der Waals surface area contributed by atoms with Crippen LogP contribution < -0.4 is 15.6 Å². The average Bonchev–Trinajstić information content (AvgIpc) is 3.35. The fourth-order valence-electron chi connectivity index (χ4n) is 3.75. The highest BCUT2D eigenvalue weighted by atomic mass is 32.1. The SMILES string of the molecule is CC(=O)NC(C(=O)N1CC(O)CC1C(=O)NOc1ccc(-c2scnc2C)cc1)C(C)(C)C. The highest BCUT2D eigenvalue weighted by Gasteiger charge is 2.44. The molecule has 1 fully saturated rings. The minimum Gasteiger partial charge on any atom is -0.391 e. The maximum atomic E-state index is 13.2. The molecular weight excluding hydrogens is 444 g/mol. The van der Waals surface area contributed by atoms with Crippen molar-refractivity contribution in [3.05, 3.63) is 35.5 Å². The van der Waals surface area contributed by atoms with Crippen molar-refractivity contribution in [3.8, 4) is 16.2 Å². The van der Waals surface area contributed by atoms with Crippen LogP contribution in [0.2, 0.25) is 0 Å². The molecule has 0 aliphatic carbocycles. The molecule has 10 heteroatoms. The number of benzene rings is 1. The van der Waals surface area contributed by atoms with E-state index in [1.807, 2.05) is 39.8 Å². The molecule has 3 atom stereocenters. The van der Waals surface area contributed by atoms with Crippen molar-refractivity contribution < 1.29 is 24.3 Å². The first-order chi connectivity index (χ1) is 15.5. The second-order valence-electron chi connectivity index (χ2n) is 9.26. The van der Waals surface area contributed by atoms with Crippen LogP contribution in [0.15, 0.2) is 29.8 Å². The molecule has 33 heavy (non-hydrogen) atoms. The first kappa shape index (κ1) is 24.7. The summed E-state index contributed by atoms with van der Waals surface area (Å²) in [4.78, 5) is 49.7. The van der Waals surface area contributed by atoms with Crippen LogP contribution in [0.25, 0.3) is 10.4 Å². The smallest absolute Gasteiger partial charge is 0.275 e. The van der Waals surface area contributed by atoms with Gasteiger partial charge < -0.3 is 20.2 Å². The molecule has 1 saturated heterocycles. The van der Waals surface area contributed by atoms with E-state index >= 15 is 0 Å². The number of aliphatic hydroxyl groups excluding tert-OH is 1. The van der Waals surface area contributed by atoms with Gasteiger partial charge in [-0.05, 0) is 42.2 Å². The number of nitrogens with zero attached hydrogens (tertiary/aromatic N) is 2. The third-order valence-electron chi connectivity index (χ3n) is 5.46. The second-order valence-corrected chi connectivity index (χ2v) is 10.1. The van der Waals surface area contributed by atoms with Gasteiger partial charge in [-0.15, -0.1) is 11.3 Å². The molecule has 3 N–H and O–H groups in total. The summed E-state index contributed by atoms with van der Waals surface area (Å²) in [6.45, 7) is 8.76. The number of nitrogens with one attached hydrogen (secondary N) is 2. The van der Waals surface area contributed by atoms with Crippen LogP contribution in [0.1, 0.15) is 39.8 Å². The zero-order valence-electron chi connectivity index (χ0n) is 19.4. The number of hydrogen-bond acceptors (Lipinski definition) is 7. The van der Waals surface area contributed by atoms with Crippen LogP contribution in [0.5, 0.6) is 5.75 Å². The minimum absolute atomic E-state index is 0.00593. The highest BCUT2D eigenvalue weighted by molar-refractivity contribution is 7.13. The van der Waals surface area contributed by atoms with E-state index in [2.05, 4.69) is 15.8 Å². The number of amides is 3. The van der Waals surface area contributed by atoms with Crippen LogP contribution in [0, 0.1) is 12.3 Å². The Hall–Kier alpha value is -2.98. The number of carbonyl (C=O) groups excluding carboxylic acids is 3. The van der Waals surface area contributed by atoms with E-state index < -0.39 is 35.4 Å². The second kappa shape index (κ2) is 9.88. The lowest BCUT2D eigenvalue weighted by Crippen LogP contribution is -2.57. The lowest BCUT2D eigenvalue weighted by atomic mass is 9.85.